The minimum absolute atomic E-state index is 0.129. The third kappa shape index (κ3) is 1.56. The van der Waals surface area contributed by atoms with Crippen molar-refractivity contribution in [2.75, 3.05) is 0 Å². The zero-order chi connectivity index (χ0) is 9.26. The SMILES string of the molecule is CCC1NC(=O)CC1c1csnn1. The third-order valence-electron chi connectivity index (χ3n) is 2.43. The van der Waals surface area contributed by atoms with E-state index in [2.05, 4.69) is 21.8 Å². The summed E-state index contributed by atoms with van der Waals surface area (Å²) in [6, 6.07) is 0.247. The second kappa shape index (κ2) is 3.41. The Balaban J connectivity index is 2.19. The number of nitrogens with one attached hydrogen (secondary N) is 1. The molecule has 0 saturated carbocycles. The fourth-order valence-electron chi connectivity index (χ4n) is 1.74. The summed E-state index contributed by atoms with van der Waals surface area (Å²) in [6.45, 7) is 2.07. The van der Waals surface area contributed by atoms with Gasteiger partial charge in [0, 0.05) is 23.8 Å². The minimum atomic E-state index is 0.129. The van der Waals surface area contributed by atoms with Crippen LogP contribution in [0.25, 0.3) is 0 Å². The van der Waals surface area contributed by atoms with E-state index in [0.29, 0.717) is 6.42 Å². The molecule has 2 heterocycles. The third-order valence-corrected chi connectivity index (χ3v) is 2.96. The molecule has 0 bridgehead atoms. The van der Waals surface area contributed by atoms with E-state index in [1.54, 1.807) is 0 Å². The summed E-state index contributed by atoms with van der Waals surface area (Å²) in [5.74, 6) is 0.362. The molecule has 70 valence electrons. The summed E-state index contributed by atoms with van der Waals surface area (Å²) in [4.78, 5) is 11.2. The van der Waals surface area contributed by atoms with E-state index >= 15 is 0 Å². The maximum atomic E-state index is 11.2. The first-order valence-electron chi connectivity index (χ1n) is 4.37. The molecule has 1 amide bonds. The van der Waals surface area contributed by atoms with Crippen molar-refractivity contribution >= 4 is 17.4 Å². The quantitative estimate of drug-likeness (QED) is 0.767. The Morgan fingerprint density at radius 1 is 1.77 bits per heavy atom. The average molecular weight is 197 g/mol. The molecular formula is C8H11N3OS. The van der Waals surface area contributed by atoms with Gasteiger partial charge in [0.1, 0.15) is 0 Å². The Morgan fingerprint density at radius 2 is 2.62 bits per heavy atom. The summed E-state index contributed by atoms with van der Waals surface area (Å²) in [7, 11) is 0. The van der Waals surface area contributed by atoms with E-state index in [-0.39, 0.29) is 17.9 Å². The number of nitrogens with zero attached hydrogens (tertiary/aromatic N) is 2. The van der Waals surface area contributed by atoms with Gasteiger partial charge in [-0.05, 0) is 18.0 Å². The molecule has 1 aromatic rings. The Bertz CT molecular complexity index is 298. The van der Waals surface area contributed by atoms with Crippen LogP contribution in [0.5, 0.6) is 0 Å². The molecule has 2 atom stereocenters. The first kappa shape index (κ1) is 8.62. The molecule has 2 rings (SSSR count). The molecule has 1 fully saturated rings. The van der Waals surface area contributed by atoms with E-state index in [1.165, 1.54) is 11.5 Å². The van der Waals surface area contributed by atoms with Gasteiger partial charge in [0.2, 0.25) is 5.91 Å². The van der Waals surface area contributed by atoms with Crippen molar-refractivity contribution in [1.82, 2.24) is 14.9 Å². The fraction of sp³-hybridized carbons (Fsp3) is 0.625. The molecule has 5 heteroatoms. The fourth-order valence-corrected chi connectivity index (χ4v) is 2.26. The summed E-state index contributed by atoms with van der Waals surface area (Å²) >= 11 is 1.34. The number of rotatable bonds is 2. The number of hydrogen-bond acceptors (Lipinski definition) is 4. The Labute approximate surface area is 80.5 Å². The highest BCUT2D eigenvalue weighted by Crippen LogP contribution is 2.28. The van der Waals surface area contributed by atoms with Gasteiger partial charge in [-0.15, -0.1) is 5.10 Å². The lowest BCUT2D eigenvalue weighted by Crippen LogP contribution is -2.27. The Hall–Kier alpha value is -0.970. The summed E-state index contributed by atoms with van der Waals surface area (Å²) in [6.07, 6.45) is 1.51. The van der Waals surface area contributed by atoms with Crippen LogP contribution in [0.3, 0.4) is 0 Å². The predicted molar refractivity (Wildman–Crippen MR) is 49.5 cm³/mol. The van der Waals surface area contributed by atoms with Crippen LogP contribution in [-0.2, 0) is 4.79 Å². The molecule has 13 heavy (non-hydrogen) atoms. The number of carbonyl (C=O) groups excluding carboxylic acids is 1. The van der Waals surface area contributed by atoms with E-state index in [0.717, 1.165) is 12.1 Å². The molecule has 1 N–H and O–H groups in total. The Morgan fingerprint density at radius 3 is 3.23 bits per heavy atom. The highest BCUT2D eigenvalue weighted by molar-refractivity contribution is 7.03. The van der Waals surface area contributed by atoms with E-state index in [1.807, 2.05) is 5.38 Å². The van der Waals surface area contributed by atoms with Gasteiger partial charge in [-0.1, -0.05) is 11.4 Å². The van der Waals surface area contributed by atoms with Crippen LogP contribution in [0.4, 0.5) is 0 Å². The zero-order valence-electron chi connectivity index (χ0n) is 7.36. The summed E-state index contributed by atoms with van der Waals surface area (Å²) < 4.78 is 3.81. The minimum Gasteiger partial charge on any atom is -0.353 e. The largest absolute Gasteiger partial charge is 0.353 e. The van der Waals surface area contributed by atoms with Gasteiger partial charge >= 0.3 is 0 Å². The summed E-state index contributed by atoms with van der Waals surface area (Å²) in [5.41, 5.74) is 0.954. The molecule has 1 aliphatic rings. The topological polar surface area (TPSA) is 54.9 Å². The van der Waals surface area contributed by atoms with Gasteiger partial charge in [0.25, 0.3) is 0 Å². The van der Waals surface area contributed by atoms with E-state index < -0.39 is 0 Å². The number of amides is 1. The van der Waals surface area contributed by atoms with Crippen molar-refractivity contribution in [3.63, 3.8) is 0 Å². The smallest absolute Gasteiger partial charge is 0.220 e. The second-order valence-electron chi connectivity index (χ2n) is 3.22. The molecule has 0 radical (unpaired) electrons. The molecule has 1 saturated heterocycles. The Kier molecular flexibility index (Phi) is 2.26. The van der Waals surface area contributed by atoms with Crippen LogP contribution in [0.2, 0.25) is 0 Å². The predicted octanol–water partition coefficient (Wildman–Crippen LogP) is 0.920. The molecule has 1 aliphatic heterocycles. The highest BCUT2D eigenvalue weighted by Gasteiger charge is 2.33. The van der Waals surface area contributed by atoms with Gasteiger partial charge in [-0.3, -0.25) is 4.79 Å². The van der Waals surface area contributed by atoms with Crippen LogP contribution in [0, 0.1) is 0 Å². The van der Waals surface area contributed by atoms with Crippen molar-refractivity contribution in [2.45, 2.75) is 31.7 Å². The molecule has 0 aromatic carbocycles. The standard InChI is InChI=1S/C8H11N3OS/c1-2-6-5(3-8(12)9-6)7-4-13-11-10-7/h4-6H,2-3H2,1H3,(H,9,12). The lowest BCUT2D eigenvalue weighted by molar-refractivity contribution is -0.119. The highest BCUT2D eigenvalue weighted by atomic mass is 32.1. The average Bonchev–Trinajstić information content (AvgIpc) is 2.71. The normalized spacial score (nSPS) is 27.6. The lowest BCUT2D eigenvalue weighted by Gasteiger charge is -2.13. The molecule has 0 aliphatic carbocycles. The van der Waals surface area contributed by atoms with E-state index in [4.69, 9.17) is 0 Å². The maximum Gasteiger partial charge on any atom is 0.220 e. The van der Waals surface area contributed by atoms with Crippen molar-refractivity contribution in [3.05, 3.63) is 11.1 Å². The van der Waals surface area contributed by atoms with Gasteiger partial charge < -0.3 is 5.32 Å². The van der Waals surface area contributed by atoms with Gasteiger partial charge in [-0.25, -0.2) is 0 Å². The van der Waals surface area contributed by atoms with Crippen LogP contribution in [-0.4, -0.2) is 21.5 Å². The van der Waals surface area contributed by atoms with Crippen molar-refractivity contribution < 1.29 is 4.79 Å². The van der Waals surface area contributed by atoms with Crippen molar-refractivity contribution in [1.29, 1.82) is 0 Å². The van der Waals surface area contributed by atoms with Crippen LogP contribution in [0.15, 0.2) is 5.38 Å². The first-order chi connectivity index (χ1) is 6.31. The van der Waals surface area contributed by atoms with Crippen LogP contribution in [0.1, 0.15) is 31.4 Å². The molecule has 1 aromatic heterocycles. The second-order valence-corrected chi connectivity index (χ2v) is 3.83. The lowest BCUT2D eigenvalue weighted by atomic mass is 9.96. The molecule has 2 unspecified atom stereocenters. The monoisotopic (exact) mass is 197 g/mol. The first-order valence-corrected chi connectivity index (χ1v) is 5.21. The summed E-state index contributed by atoms with van der Waals surface area (Å²) in [5, 5.41) is 8.87. The van der Waals surface area contributed by atoms with Gasteiger partial charge in [0.15, 0.2) is 0 Å². The van der Waals surface area contributed by atoms with Gasteiger partial charge in [-0.2, -0.15) is 0 Å². The van der Waals surface area contributed by atoms with E-state index in [9.17, 15) is 4.79 Å². The van der Waals surface area contributed by atoms with Gasteiger partial charge in [0.05, 0.1) is 5.69 Å². The molecular weight excluding hydrogens is 186 g/mol. The maximum absolute atomic E-state index is 11.2. The van der Waals surface area contributed by atoms with Crippen LogP contribution >= 0.6 is 11.5 Å². The number of carbonyl (C=O) groups is 1. The molecule has 4 nitrogen and oxygen atoms in total. The van der Waals surface area contributed by atoms with Crippen LogP contribution < -0.4 is 5.32 Å². The number of hydrogen-bond donors (Lipinski definition) is 1. The van der Waals surface area contributed by atoms with Crippen molar-refractivity contribution in [2.24, 2.45) is 0 Å². The zero-order valence-corrected chi connectivity index (χ0v) is 8.17. The molecule has 0 spiro atoms. The number of aromatic nitrogens is 2. The van der Waals surface area contributed by atoms with Crippen molar-refractivity contribution in [3.8, 4) is 0 Å².